The van der Waals surface area contributed by atoms with Crippen molar-refractivity contribution in [2.24, 2.45) is 0 Å². The molecule has 1 aliphatic heterocycles. The Morgan fingerprint density at radius 2 is 1.95 bits per heavy atom. The van der Waals surface area contributed by atoms with Gasteiger partial charge in [-0.25, -0.2) is 0 Å². The fraction of sp³-hybridized carbons (Fsp3) is 0.647. The number of likely N-dealkylation sites (tertiary alicyclic amines) is 1. The van der Waals surface area contributed by atoms with E-state index in [1.165, 1.54) is 18.5 Å². The summed E-state index contributed by atoms with van der Waals surface area (Å²) in [5.41, 5.74) is 1.32. The second-order valence-corrected chi connectivity index (χ2v) is 6.18. The lowest BCUT2D eigenvalue weighted by molar-refractivity contribution is 0.192. The van der Waals surface area contributed by atoms with Crippen molar-refractivity contribution >= 4 is 0 Å². The number of nitrogens with one attached hydrogen (secondary N) is 1. The van der Waals surface area contributed by atoms with Crippen molar-refractivity contribution in [3.8, 4) is 5.75 Å². The van der Waals surface area contributed by atoms with Gasteiger partial charge in [-0.2, -0.15) is 0 Å². The molecule has 3 atom stereocenters. The maximum absolute atomic E-state index is 5.25. The molecular formula is C17H29N3O. The first-order valence-electron chi connectivity index (χ1n) is 7.78. The Labute approximate surface area is 129 Å². The van der Waals surface area contributed by atoms with E-state index >= 15 is 0 Å². The molecule has 4 heteroatoms. The minimum Gasteiger partial charge on any atom is -0.497 e. The Balaban J connectivity index is 2.06. The molecule has 0 bridgehead atoms. The summed E-state index contributed by atoms with van der Waals surface area (Å²) < 4.78 is 5.25. The van der Waals surface area contributed by atoms with Crippen LogP contribution >= 0.6 is 0 Å². The maximum atomic E-state index is 5.25. The van der Waals surface area contributed by atoms with Crippen molar-refractivity contribution in [3.05, 3.63) is 29.8 Å². The largest absolute Gasteiger partial charge is 0.497 e. The van der Waals surface area contributed by atoms with Crippen LogP contribution in [0.1, 0.15) is 24.9 Å². The van der Waals surface area contributed by atoms with Crippen molar-refractivity contribution in [3.63, 3.8) is 0 Å². The van der Waals surface area contributed by atoms with E-state index < -0.39 is 0 Å². The number of likely N-dealkylation sites (N-methyl/N-ethyl adjacent to an activating group) is 2. The second kappa shape index (κ2) is 7.25. The van der Waals surface area contributed by atoms with Gasteiger partial charge >= 0.3 is 0 Å². The molecule has 4 nitrogen and oxygen atoms in total. The zero-order chi connectivity index (χ0) is 15.4. The molecular weight excluding hydrogens is 262 g/mol. The van der Waals surface area contributed by atoms with E-state index in [1.807, 2.05) is 19.2 Å². The first-order valence-corrected chi connectivity index (χ1v) is 7.78. The van der Waals surface area contributed by atoms with Crippen molar-refractivity contribution < 1.29 is 4.74 Å². The summed E-state index contributed by atoms with van der Waals surface area (Å²) in [6, 6.07) is 9.91. The predicted octanol–water partition coefficient (Wildman–Crippen LogP) is 1.98. The monoisotopic (exact) mass is 291 g/mol. The highest BCUT2D eigenvalue weighted by Gasteiger charge is 2.31. The van der Waals surface area contributed by atoms with Crippen LogP contribution in [0.3, 0.4) is 0 Å². The van der Waals surface area contributed by atoms with Gasteiger partial charge in [0.15, 0.2) is 0 Å². The number of benzene rings is 1. The quantitative estimate of drug-likeness (QED) is 0.867. The van der Waals surface area contributed by atoms with Crippen LogP contribution in [0.2, 0.25) is 0 Å². The minimum absolute atomic E-state index is 0.344. The molecule has 1 aromatic rings. The van der Waals surface area contributed by atoms with Gasteiger partial charge in [0, 0.05) is 31.2 Å². The van der Waals surface area contributed by atoms with Crippen molar-refractivity contribution in [2.75, 3.05) is 41.3 Å². The van der Waals surface area contributed by atoms with Crippen LogP contribution in [-0.4, -0.2) is 63.2 Å². The maximum Gasteiger partial charge on any atom is 0.118 e. The van der Waals surface area contributed by atoms with Crippen LogP contribution < -0.4 is 10.1 Å². The van der Waals surface area contributed by atoms with Gasteiger partial charge in [0.2, 0.25) is 0 Å². The van der Waals surface area contributed by atoms with Crippen LogP contribution in [0.15, 0.2) is 24.3 Å². The smallest absolute Gasteiger partial charge is 0.118 e. The van der Waals surface area contributed by atoms with Gasteiger partial charge in [0.05, 0.1) is 7.11 Å². The first kappa shape index (κ1) is 16.3. The lowest BCUT2D eigenvalue weighted by atomic mass is 9.99. The molecule has 1 N–H and O–H groups in total. The summed E-state index contributed by atoms with van der Waals surface area (Å²) in [5, 5.41) is 3.48. The van der Waals surface area contributed by atoms with E-state index in [1.54, 1.807) is 7.11 Å². The standard InChI is InChI=1S/C17H29N3O/c1-13(20-11-10-15(12-20)19(3)4)17(18-2)14-6-8-16(21-5)9-7-14/h6-9,13,15,17-18H,10-12H2,1-5H3. The van der Waals surface area contributed by atoms with E-state index in [-0.39, 0.29) is 0 Å². The van der Waals surface area contributed by atoms with Gasteiger partial charge in [-0.05, 0) is 52.2 Å². The Kier molecular flexibility index (Phi) is 5.62. The minimum atomic E-state index is 0.344. The molecule has 1 saturated heterocycles. The Bertz CT molecular complexity index is 432. The Morgan fingerprint density at radius 3 is 2.43 bits per heavy atom. The molecule has 1 aliphatic rings. The Hall–Kier alpha value is -1.10. The molecule has 0 aromatic heterocycles. The number of methoxy groups -OCH3 is 1. The molecule has 1 aromatic carbocycles. The number of ether oxygens (including phenoxy) is 1. The number of nitrogens with zero attached hydrogens (tertiary/aromatic N) is 2. The molecule has 0 radical (unpaired) electrons. The molecule has 0 aliphatic carbocycles. The van der Waals surface area contributed by atoms with Gasteiger partial charge in [-0.1, -0.05) is 12.1 Å². The molecule has 0 spiro atoms. The Morgan fingerprint density at radius 1 is 1.29 bits per heavy atom. The van der Waals surface area contributed by atoms with Gasteiger partial charge in [0.1, 0.15) is 5.75 Å². The summed E-state index contributed by atoms with van der Waals surface area (Å²) in [6.07, 6.45) is 1.26. The highest BCUT2D eigenvalue weighted by atomic mass is 16.5. The molecule has 1 heterocycles. The van der Waals surface area contributed by atoms with Crippen LogP contribution in [0.4, 0.5) is 0 Å². The highest BCUT2D eigenvalue weighted by Crippen LogP contribution is 2.26. The molecule has 0 amide bonds. The summed E-state index contributed by atoms with van der Waals surface area (Å²) in [6.45, 7) is 4.66. The first-order chi connectivity index (χ1) is 10.1. The SMILES string of the molecule is CNC(c1ccc(OC)cc1)C(C)N1CCC(N(C)C)C1. The zero-order valence-electron chi connectivity index (χ0n) is 14.0. The van der Waals surface area contributed by atoms with Gasteiger partial charge < -0.3 is 15.0 Å². The molecule has 1 fully saturated rings. The topological polar surface area (TPSA) is 27.7 Å². The fourth-order valence-corrected chi connectivity index (χ4v) is 3.27. The normalized spacial score (nSPS) is 22.5. The number of hydrogen-bond donors (Lipinski definition) is 1. The second-order valence-electron chi connectivity index (χ2n) is 6.18. The number of hydrogen-bond acceptors (Lipinski definition) is 4. The fourth-order valence-electron chi connectivity index (χ4n) is 3.27. The molecule has 3 unspecified atom stereocenters. The zero-order valence-corrected chi connectivity index (χ0v) is 14.0. The predicted molar refractivity (Wildman–Crippen MR) is 87.9 cm³/mol. The van der Waals surface area contributed by atoms with Crippen LogP contribution in [0, 0.1) is 0 Å². The van der Waals surface area contributed by atoms with E-state index in [9.17, 15) is 0 Å². The summed E-state index contributed by atoms with van der Waals surface area (Å²) in [4.78, 5) is 4.94. The number of rotatable bonds is 6. The lowest BCUT2D eigenvalue weighted by Crippen LogP contribution is -2.42. The lowest BCUT2D eigenvalue weighted by Gasteiger charge is -2.32. The van der Waals surface area contributed by atoms with Crippen LogP contribution in [0.25, 0.3) is 0 Å². The van der Waals surface area contributed by atoms with E-state index in [4.69, 9.17) is 4.74 Å². The van der Waals surface area contributed by atoms with E-state index in [0.29, 0.717) is 18.1 Å². The van der Waals surface area contributed by atoms with Gasteiger partial charge in [-0.3, -0.25) is 4.90 Å². The van der Waals surface area contributed by atoms with Crippen LogP contribution in [-0.2, 0) is 0 Å². The van der Waals surface area contributed by atoms with Gasteiger partial charge in [-0.15, -0.1) is 0 Å². The van der Waals surface area contributed by atoms with Crippen molar-refractivity contribution in [1.29, 1.82) is 0 Å². The molecule has 0 saturated carbocycles. The average Bonchev–Trinajstić information content (AvgIpc) is 2.98. The van der Waals surface area contributed by atoms with Crippen LogP contribution in [0.5, 0.6) is 5.75 Å². The van der Waals surface area contributed by atoms with Gasteiger partial charge in [0.25, 0.3) is 0 Å². The van der Waals surface area contributed by atoms with Crippen molar-refractivity contribution in [2.45, 2.75) is 31.5 Å². The third-order valence-electron chi connectivity index (χ3n) is 4.77. The summed E-state index contributed by atoms with van der Waals surface area (Å²) in [5.74, 6) is 0.912. The van der Waals surface area contributed by atoms with E-state index in [0.717, 1.165) is 12.3 Å². The van der Waals surface area contributed by atoms with Crippen molar-refractivity contribution in [1.82, 2.24) is 15.1 Å². The third kappa shape index (κ3) is 3.76. The van der Waals surface area contributed by atoms with E-state index in [2.05, 4.69) is 48.3 Å². The third-order valence-corrected chi connectivity index (χ3v) is 4.77. The summed E-state index contributed by atoms with van der Waals surface area (Å²) >= 11 is 0. The molecule has 118 valence electrons. The average molecular weight is 291 g/mol. The molecule has 21 heavy (non-hydrogen) atoms. The summed E-state index contributed by atoms with van der Waals surface area (Å²) in [7, 11) is 8.11. The molecule has 2 rings (SSSR count). The highest BCUT2D eigenvalue weighted by molar-refractivity contribution is 5.29.